The van der Waals surface area contributed by atoms with E-state index in [1.807, 2.05) is 30.3 Å². The maximum Gasteiger partial charge on any atom is 0.243 e. The van der Waals surface area contributed by atoms with E-state index in [1.54, 1.807) is 24.3 Å². The van der Waals surface area contributed by atoms with E-state index in [0.717, 1.165) is 30.4 Å². The number of oxime groups is 1. The van der Waals surface area contributed by atoms with E-state index in [2.05, 4.69) is 10.5 Å². The Morgan fingerprint density at radius 2 is 1.76 bits per heavy atom. The number of hydrogen-bond acceptors (Lipinski definition) is 6. The molecule has 1 amide bonds. The van der Waals surface area contributed by atoms with Crippen LogP contribution in [-0.4, -0.2) is 61.3 Å². The van der Waals surface area contributed by atoms with Gasteiger partial charge in [0, 0.05) is 18.9 Å². The van der Waals surface area contributed by atoms with Gasteiger partial charge in [0.25, 0.3) is 0 Å². The van der Waals surface area contributed by atoms with Crippen molar-refractivity contribution in [2.24, 2.45) is 5.16 Å². The molecular formula is C25H31N3O5S. The van der Waals surface area contributed by atoms with Crippen molar-refractivity contribution in [2.75, 3.05) is 13.7 Å². The molecule has 8 nitrogen and oxygen atoms in total. The van der Waals surface area contributed by atoms with Gasteiger partial charge in [0.05, 0.1) is 29.3 Å². The first-order valence-corrected chi connectivity index (χ1v) is 13.1. The molecule has 0 aromatic heterocycles. The molecule has 2 aromatic carbocycles. The number of carbonyl (C=O) groups is 1. The Morgan fingerprint density at radius 3 is 2.44 bits per heavy atom. The fraction of sp³-hybridized carbons (Fsp3) is 0.440. The zero-order valence-corrected chi connectivity index (χ0v) is 20.1. The number of sulfonamides is 1. The predicted octanol–water partition coefficient (Wildman–Crippen LogP) is 2.93. The first-order valence-electron chi connectivity index (χ1n) is 11.6. The fourth-order valence-corrected chi connectivity index (χ4v) is 6.35. The number of hydrogen-bond donors (Lipinski definition) is 2. The number of benzene rings is 2. The molecule has 1 aliphatic carbocycles. The van der Waals surface area contributed by atoms with Crippen molar-refractivity contribution < 1.29 is 23.2 Å². The summed E-state index contributed by atoms with van der Waals surface area (Å²) < 4.78 is 28.4. The smallest absolute Gasteiger partial charge is 0.243 e. The minimum absolute atomic E-state index is 0.00666. The largest absolute Gasteiger partial charge is 0.399 e. The zero-order valence-electron chi connectivity index (χ0n) is 19.3. The van der Waals surface area contributed by atoms with Gasteiger partial charge < -0.3 is 15.3 Å². The molecule has 2 aliphatic rings. The lowest BCUT2D eigenvalue weighted by molar-refractivity contribution is -0.123. The molecule has 9 heteroatoms. The van der Waals surface area contributed by atoms with Crippen molar-refractivity contribution in [3.63, 3.8) is 0 Å². The second-order valence-corrected chi connectivity index (χ2v) is 10.8. The lowest BCUT2D eigenvalue weighted by atomic mass is 9.92. The number of nitrogens with one attached hydrogen (secondary N) is 1. The van der Waals surface area contributed by atoms with E-state index in [1.165, 1.54) is 11.4 Å². The van der Waals surface area contributed by atoms with Crippen molar-refractivity contribution in [3.8, 4) is 11.1 Å². The van der Waals surface area contributed by atoms with Gasteiger partial charge >= 0.3 is 0 Å². The highest BCUT2D eigenvalue weighted by Gasteiger charge is 2.40. The van der Waals surface area contributed by atoms with Gasteiger partial charge in [0.15, 0.2) is 0 Å². The Labute approximate surface area is 200 Å². The topological polar surface area (TPSA) is 108 Å². The van der Waals surface area contributed by atoms with Crippen LogP contribution in [0.1, 0.15) is 38.5 Å². The average Bonchev–Trinajstić information content (AvgIpc) is 3.24. The maximum absolute atomic E-state index is 13.5. The molecule has 1 heterocycles. The molecule has 182 valence electrons. The van der Waals surface area contributed by atoms with Crippen molar-refractivity contribution in [2.45, 2.75) is 61.6 Å². The van der Waals surface area contributed by atoms with Gasteiger partial charge in [-0.25, -0.2) is 8.42 Å². The summed E-state index contributed by atoms with van der Waals surface area (Å²) in [5, 5.41) is 17.0. The van der Waals surface area contributed by atoms with Gasteiger partial charge in [-0.1, -0.05) is 60.5 Å². The molecule has 2 N–H and O–H groups in total. The molecule has 2 aromatic rings. The molecule has 0 spiro atoms. The molecule has 34 heavy (non-hydrogen) atoms. The van der Waals surface area contributed by atoms with Crippen LogP contribution in [0.2, 0.25) is 0 Å². The lowest BCUT2D eigenvalue weighted by Gasteiger charge is -2.29. The van der Waals surface area contributed by atoms with Crippen molar-refractivity contribution in [1.29, 1.82) is 0 Å². The summed E-state index contributed by atoms with van der Waals surface area (Å²) in [4.78, 5) is 17.8. The van der Waals surface area contributed by atoms with Gasteiger partial charge in [-0.05, 0) is 36.1 Å². The van der Waals surface area contributed by atoms with E-state index in [9.17, 15) is 18.3 Å². The second-order valence-electron chi connectivity index (χ2n) is 8.87. The summed E-state index contributed by atoms with van der Waals surface area (Å²) in [6.07, 6.45) is 3.04. The number of carbonyl (C=O) groups excluding carboxylic acids is 1. The second kappa shape index (κ2) is 10.7. The summed E-state index contributed by atoms with van der Waals surface area (Å²) >= 11 is 0. The van der Waals surface area contributed by atoms with E-state index < -0.39 is 22.2 Å². The zero-order chi connectivity index (χ0) is 24.1. The summed E-state index contributed by atoms with van der Waals surface area (Å²) in [6.45, 7) is 0.0700. The molecule has 1 saturated heterocycles. The van der Waals surface area contributed by atoms with E-state index in [-0.39, 0.29) is 29.8 Å². The molecule has 1 saturated carbocycles. The molecule has 3 atom stereocenters. The minimum atomic E-state index is -3.86. The van der Waals surface area contributed by atoms with Crippen LogP contribution in [-0.2, 0) is 19.7 Å². The summed E-state index contributed by atoms with van der Waals surface area (Å²) in [5.74, 6) is -0.269. The predicted molar refractivity (Wildman–Crippen MR) is 130 cm³/mol. The Bertz CT molecular complexity index is 1120. The quantitative estimate of drug-likeness (QED) is 0.586. The highest BCUT2D eigenvalue weighted by Crippen LogP contribution is 2.29. The number of aliphatic hydroxyl groups excluding tert-OH is 1. The molecule has 1 aliphatic heterocycles. The maximum atomic E-state index is 13.5. The molecule has 0 unspecified atom stereocenters. The van der Waals surface area contributed by atoms with Gasteiger partial charge in [-0.3, -0.25) is 4.79 Å². The molecular weight excluding hydrogens is 454 g/mol. The number of amides is 1. The number of rotatable bonds is 7. The third-order valence-electron chi connectivity index (χ3n) is 6.50. The molecule has 0 bridgehead atoms. The third kappa shape index (κ3) is 5.48. The van der Waals surface area contributed by atoms with Gasteiger partial charge in [-0.15, -0.1) is 0 Å². The number of aliphatic hydroxyl groups is 1. The third-order valence-corrected chi connectivity index (χ3v) is 8.41. The van der Waals surface area contributed by atoms with Crippen LogP contribution in [0.15, 0.2) is 64.6 Å². The molecule has 0 radical (unpaired) electrons. The Hall–Kier alpha value is -2.75. The Kier molecular flexibility index (Phi) is 7.65. The monoisotopic (exact) mass is 485 g/mol. The van der Waals surface area contributed by atoms with E-state index in [4.69, 9.17) is 4.84 Å². The van der Waals surface area contributed by atoms with Crippen LogP contribution in [0.25, 0.3) is 11.1 Å². The SMILES string of the molecule is CON=C1C[C@@H](CC(=O)N[C@H]2CCCC[C@@H]2O)N(S(=O)(=O)c2ccc(-c3ccccc3)cc2)C1. The highest BCUT2D eigenvalue weighted by atomic mass is 32.2. The molecule has 4 rings (SSSR count). The van der Waals surface area contributed by atoms with E-state index in [0.29, 0.717) is 18.6 Å². The van der Waals surface area contributed by atoms with Crippen LogP contribution in [0.3, 0.4) is 0 Å². The summed E-state index contributed by atoms with van der Waals surface area (Å²) in [5.41, 5.74) is 2.49. The van der Waals surface area contributed by atoms with Crippen molar-refractivity contribution in [3.05, 3.63) is 54.6 Å². The normalized spacial score (nSPS) is 24.8. The van der Waals surface area contributed by atoms with Gasteiger partial charge in [0.1, 0.15) is 7.11 Å². The average molecular weight is 486 g/mol. The fourth-order valence-electron chi connectivity index (χ4n) is 4.74. The highest BCUT2D eigenvalue weighted by molar-refractivity contribution is 7.89. The Balaban J connectivity index is 1.52. The van der Waals surface area contributed by atoms with Crippen molar-refractivity contribution >= 4 is 21.6 Å². The Morgan fingerprint density at radius 1 is 1.09 bits per heavy atom. The van der Waals surface area contributed by atoms with Gasteiger partial charge in [-0.2, -0.15) is 4.31 Å². The van der Waals surface area contributed by atoms with Crippen LogP contribution in [0.5, 0.6) is 0 Å². The standard InChI is InChI=1S/C25H31N3O5S/c1-33-27-20-15-21(16-25(30)26-23-9-5-6-10-24(23)29)28(17-20)34(31,32)22-13-11-19(12-14-22)18-7-3-2-4-8-18/h2-4,7-8,11-14,21,23-24,29H,5-6,9-10,15-17H2,1H3,(H,26,30)/t21-,23-,24-/m0/s1. The first-order chi connectivity index (χ1) is 16.4. The summed E-state index contributed by atoms with van der Waals surface area (Å²) in [7, 11) is -2.44. The van der Waals surface area contributed by atoms with Crippen LogP contribution in [0, 0.1) is 0 Å². The lowest BCUT2D eigenvalue weighted by Crippen LogP contribution is -2.47. The van der Waals surface area contributed by atoms with Crippen molar-refractivity contribution in [1.82, 2.24) is 9.62 Å². The minimum Gasteiger partial charge on any atom is -0.399 e. The molecule has 2 fully saturated rings. The van der Waals surface area contributed by atoms with Crippen LogP contribution in [0.4, 0.5) is 0 Å². The van der Waals surface area contributed by atoms with Crippen LogP contribution >= 0.6 is 0 Å². The van der Waals surface area contributed by atoms with Gasteiger partial charge in [0.2, 0.25) is 15.9 Å². The first kappa shape index (κ1) is 24.4. The van der Waals surface area contributed by atoms with E-state index >= 15 is 0 Å². The van der Waals surface area contributed by atoms with Crippen LogP contribution < -0.4 is 5.32 Å². The number of nitrogens with zero attached hydrogens (tertiary/aromatic N) is 2. The summed E-state index contributed by atoms with van der Waals surface area (Å²) in [6, 6.07) is 15.6.